The zero-order valence-electron chi connectivity index (χ0n) is 13.4. The SMILES string of the molecule is C=C(C#N)CN1Cc2c(C(=N)c3ncccc3N)ccc(N)c2C1=O. The molecule has 5 N–H and O–H groups in total. The van der Waals surface area contributed by atoms with Crippen LogP contribution in [-0.4, -0.2) is 28.0 Å². The van der Waals surface area contributed by atoms with E-state index in [0.29, 0.717) is 33.8 Å². The summed E-state index contributed by atoms with van der Waals surface area (Å²) in [5.74, 6) is -0.271. The van der Waals surface area contributed by atoms with Crippen LogP contribution in [0, 0.1) is 16.7 Å². The Hall–Kier alpha value is -3.66. The second-order valence-electron chi connectivity index (χ2n) is 5.75. The number of rotatable bonds is 4. The van der Waals surface area contributed by atoms with E-state index in [1.165, 1.54) is 4.90 Å². The van der Waals surface area contributed by atoms with Gasteiger partial charge in [-0.15, -0.1) is 0 Å². The van der Waals surface area contributed by atoms with Gasteiger partial charge >= 0.3 is 0 Å². The van der Waals surface area contributed by atoms with Gasteiger partial charge in [0, 0.05) is 29.6 Å². The van der Waals surface area contributed by atoms with Gasteiger partial charge in [0.15, 0.2) is 0 Å². The van der Waals surface area contributed by atoms with E-state index in [9.17, 15) is 4.79 Å². The predicted molar refractivity (Wildman–Crippen MR) is 94.9 cm³/mol. The number of nitrogen functional groups attached to an aromatic ring is 2. The lowest BCUT2D eigenvalue weighted by molar-refractivity contribution is 0.0794. The van der Waals surface area contributed by atoms with Crippen molar-refractivity contribution in [1.82, 2.24) is 9.88 Å². The molecule has 0 unspecified atom stereocenters. The Labute approximate surface area is 144 Å². The number of amides is 1. The number of carbonyl (C=O) groups excluding carboxylic acids is 1. The van der Waals surface area contributed by atoms with Crippen LogP contribution in [-0.2, 0) is 6.54 Å². The highest BCUT2D eigenvalue weighted by Crippen LogP contribution is 2.32. The molecule has 0 atom stereocenters. The summed E-state index contributed by atoms with van der Waals surface area (Å²) >= 11 is 0. The molecule has 2 heterocycles. The fourth-order valence-corrected chi connectivity index (χ4v) is 2.89. The number of hydrogen-bond acceptors (Lipinski definition) is 6. The minimum Gasteiger partial charge on any atom is -0.398 e. The van der Waals surface area contributed by atoms with E-state index in [2.05, 4.69) is 11.6 Å². The summed E-state index contributed by atoms with van der Waals surface area (Å²) in [6.45, 7) is 4.00. The lowest BCUT2D eigenvalue weighted by Gasteiger charge is -2.14. The average molecular weight is 332 g/mol. The highest BCUT2D eigenvalue weighted by molar-refractivity contribution is 6.16. The van der Waals surface area contributed by atoms with E-state index in [-0.39, 0.29) is 30.3 Å². The van der Waals surface area contributed by atoms with E-state index in [1.807, 2.05) is 6.07 Å². The van der Waals surface area contributed by atoms with Gasteiger partial charge in [0.25, 0.3) is 5.91 Å². The average Bonchev–Trinajstić information content (AvgIpc) is 2.92. The summed E-state index contributed by atoms with van der Waals surface area (Å²) < 4.78 is 0. The molecule has 1 amide bonds. The normalized spacial score (nSPS) is 12.6. The van der Waals surface area contributed by atoms with Gasteiger partial charge in [-0.25, -0.2) is 0 Å². The summed E-state index contributed by atoms with van der Waals surface area (Å²) in [6, 6.07) is 8.59. The molecule has 0 saturated carbocycles. The molecule has 1 aromatic heterocycles. The third-order valence-corrected chi connectivity index (χ3v) is 4.08. The fourth-order valence-electron chi connectivity index (χ4n) is 2.89. The van der Waals surface area contributed by atoms with Crippen molar-refractivity contribution in [3.8, 4) is 6.07 Å². The molecule has 0 radical (unpaired) electrons. The summed E-state index contributed by atoms with van der Waals surface area (Å²) in [5.41, 5.74) is 14.9. The Balaban J connectivity index is 2.06. The predicted octanol–water partition coefficient (Wildman–Crippen LogP) is 1.70. The summed E-state index contributed by atoms with van der Waals surface area (Å²) in [6.07, 6.45) is 1.56. The highest BCUT2D eigenvalue weighted by atomic mass is 16.2. The van der Waals surface area contributed by atoms with Gasteiger partial charge in [-0.05, 0) is 23.8 Å². The number of hydrogen-bond donors (Lipinski definition) is 3. The lowest BCUT2D eigenvalue weighted by atomic mass is 9.96. The smallest absolute Gasteiger partial charge is 0.256 e. The minimum atomic E-state index is -0.271. The molecule has 0 spiro atoms. The van der Waals surface area contributed by atoms with E-state index < -0.39 is 0 Å². The first-order valence-electron chi connectivity index (χ1n) is 7.52. The molecular weight excluding hydrogens is 316 g/mol. The minimum absolute atomic E-state index is 0.127. The third kappa shape index (κ3) is 2.70. The van der Waals surface area contributed by atoms with Crippen molar-refractivity contribution in [3.63, 3.8) is 0 Å². The number of carbonyl (C=O) groups is 1. The van der Waals surface area contributed by atoms with Gasteiger partial charge in [-0.2, -0.15) is 5.26 Å². The Bertz CT molecular complexity index is 957. The van der Waals surface area contributed by atoms with Gasteiger partial charge in [0.05, 0.1) is 29.6 Å². The zero-order chi connectivity index (χ0) is 18.1. The van der Waals surface area contributed by atoms with E-state index >= 15 is 0 Å². The van der Waals surface area contributed by atoms with Crippen LogP contribution in [0.3, 0.4) is 0 Å². The molecule has 2 aromatic rings. The first kappa shape index (κ1) is 16.2. The molecule has 0 saturated heterocycles. The molecule has 1 aliphatic heterocycles. The van der Waals surface area contributed by atoms with Crippen LogP contribution in [0.15, 0.2) is 42.6 Å². The first-order valence-corrected chi connectivity index (χ1v) is 7.52. The van der Waals surface area contributed by atoms with E-state index in [1.54, 1.807) is 30.5 Å². The molecule has 7 heteroatoms. The number of aromatic nitrogens is 1. The van der Waals surface area contributed by atoms with Crippen molar-refractivity contribution < 1.29 is 4.79 Å². The molecule has 25 heavy (non-hydrogen) atoms. The van der Waals surface area contributed by atoms with Crippen molar-refractivity contribution >= 4 is 23.0 Å². The molecule has 124 valence electrons. The first-order chi connectivity index (χ1) is 11.9. The highest BCUT2D eigenvalue weighted by Gasteiger charge is 2.33. The number of anilines is 2. The van der Waals surface area contributed by atoms with Crippen LogP contribution in [0.2, 0.25) is 0 Å². The Morgan fingerprint density at radius 3 is 2.80 bits per heavy atom. The van der Waals surface area contributed by atoms with Crippen LogP contribution >= 0.6 is 0 Å². The lowest BCUT2D eigenvalue weighted by Crippen LogP contribution is -2.26. The van der Waals surface area contributed by atoms with Crippen LogP contribution in [0.1, 0.15) is 27.2 Å². The van der Waals surface area contributed by atoms with E-state index in [4.69, 9.17) is 22.1 Å². The quantitative estimate of drug-likeness (QED) is 0.445. The number of pyridine rings is 1. The second-order valence-corrected chi connectivity index (χ2v) is 5.75. The van der Waals surface area contributed by atoms with Crippen LogP contribution in [0.25, 0.3) is 0 Å². The molecule has 0 bridgehead atoms. The number of nitriles is 1. The maximum absolute atomic E-state index is 12.6. The zero-order valence-corrected chi connectivity index (χ0v) is 13.4. The summed E-state index contributed by atoms with van der Waals surface area (Å²) in [7, 11) is 0. The Morgan fingerprint density at radius 1 is 1.36 bits per heavy atom. The molecular formula is C18H16N6O. The van der Waals surface area contributed by atoms with Gasteiger partial charge in [0.1, 0.15) is 5.69 Å². The summed E-state index contributed by atoms with van der Waals surface area (Å²) in [5, 5.41) is 17.4. The number of nitrogens with two attached hydrogens (primary N) is 2. The van der Waals surface area contributed by atoms with Gasteiger partial charge in [-0.3, -0.25) is 15.2 Å². The Morgan fingerprint density at radius 2 is 2.12 bits per heavy atom. The molecule has 0 aliphatic carbocycles. The third-order valence-electron chi connectivity index (χ3n) is 4.08. The maximum Gasteiger partial charge on any atom is 0.256 e. The standard InChI is InChI=1S/C18H16N6O/c1-10(7-19)8-24-9-12-11(4-5-13(20)15(12)18(24)25)16(22)17-14(21)3-2-6-23-17/h2-6,22H,1,8-9,20-21H2. The summed E-state index contributed by atoms with van der Waals surface area (Å²) in [4.78, 5) is 18.3. The van der Waals surface area contributed by atoms with Gasteiger partial charge in [0.2, 0.25) is 0 Å². The van der Waals surface area contributed by atoms with Crippen molar-refractivity contribution in [2.24, 2.45) is 0 Å². The molecule has 1 aromatic carbocycles. The van der Waals surface area contributed by atoms with Gasteiger partial charge < -0.3 is 16.4 Å². The monoisotopic (exact) mass is 332 g/mol. The Kier molecular flexibility index (Phi) is 3.95. The fraction of sp³-hybridized carbons (Fsp3) is 0.111. The largest absolute Gasteiger partial charge is 0.398 e. The number of benzene rings is 1. The molecule has 7 nitrogen and oxygen atoms in total. The van der Waals surface area contributed by atoms with E-state index in [0.717, 1.165) is 0 Å². The van der Waals surface area contributed by atoms with Crippen LogP contribution in [0.4, 0.5) is 11.4 Å². The molecule has 1 aliphatic rings. The van der Waals surface area contributed by atoms with Crippen LogP contribution < -0.4 is 11.5 Å². The van der Waals surface area contributed by atoms with Gasteiger partial charge in [-0.1, -0.05) is 12.6 Å². The molecule has 3 rings (SSSR count). The number of fused-ring (bicyclic) bond motifs is 1. The van der Waals surface area contributed by atoms with Crippen molar-refractivity contribution in [3.05, 3.63) is 65.0 Å². The number of nitrogens with one attached hydrogen (secondary N) is 1. The van der Waals surface area contributed by atoms with Crippen molar-refractivity contribution in [2.75, 3.05) is 18.0 Å². The second kappa shape index (κ2) is 6.09. The van der Waals surface area contributed by atoms with Crippen LogP contribution in [0.5, 0.6) is 0 Å². The van der Waals surface area contributed by atoms with Crippen molar-refractivity contribution in [2.45, 2.75) is 6.54 Å². The maximum atomic E-state index is 12.6. The topological polar surface area (TPSA) is 133 Å². The number of nitrogens with zero attached hydrogens (tertiary/aromatic N) is 3. The molecule has 0 fully saturated rings. The van der Waals surface area contributed by atoms with Crippen molar-refractivity contribution in [1.29, 1.82) is 10.7 Å².